The summed E-state index contributed by atoms with van der Waals surface area (Å²) in [4.78, 5) is 4.90. The fourth-order valence-electron chi connectivity index (χ4n) is 3.70. The van der Waals surface area contributed by atoms with Crippen molar-refractivity contribution in [3.63, 3.8) is 0 Å². The summed E-state index contributed by atoms with van der Waals surface area (Å²) in [6.45, 7) is 11.6. The molecule has 0 amide bonds. The van der Waals surface area contributed by atoms with Crippen molar-refractivity contribution < 1.29 is 14.2 Å². The van der Waals surface area contributed by atoms with Crippen LogP contribution in [0, 0.1) is 5.41 Å². The average molecular weight is 357 g/mol. The third-order valence-electron chi connectivity index (χ3n) is 5.31. The van der Waals surface area contributed by atoms with Gasteiger partial charge >= 0.3 is 0 Å². The highest BCUT2D eigenvalue weighted by atomic mass is 16.5. The highest BCUT2D eigenvalue weighted by molar-refractivity contribution is 6.21. The number of hydrogen-bond donors (Lipinski definition) is 0. The predicted molar refractivity (Wildman–Crippen MR) is 107 cm³/mol. The lowest BCUT2D eigenvalue weighted by Crippen LogP contribution is -2.25. The van der Waals surface area contributed by atoms with Crippen molar-refractivity contribution in [2.75, 3.05) is 20.8 Å². The summed E-state index contributed by atoms with van der Waals surface area (Å²) in [6.07, 6.45) is 4.12. The molecule has 1 atom stereocenters. The molecule has 0 fully saturated rings. The van der Waals surface area contributed by atoms with Gasteiger partial charge in [0.2, 0.25) is 5.90 Å². The topological polar surface area (TPSA) is 40.0 Å². The van der Waals surface area contributed by atoms with Crippen LogP contribution < -0.4 is 9.47 Å². The van der Waals surface area contributed by atoms with E-state index in [1.54, 1.807) is 14.2 Å². The van der Waals surface area contributed by atoms with E-state index in [2.05, 4.69) is 46.8 Å². The molecule has 26 heavy (non-hydrogen) atoms. The largest absolute Gasteiger partial charge is 0.496 e. The zero-order valence-corrected chi connectivity index (χ0v) is 17.1. The molecule has 2 aliphatic rings. The number of hydrogen-bond acceptors (Lipinski definition) is 4. The molecule has 1 aliphatic carbocycles. The molecule has 0 saturated carbocycles. The Hall–Kier alpha value is -1.97. The molecule has 3 rings (SSSR count). The lowest BCUT2D eigenvalue weighted by atomic mass is 9.85. The summed E-state index contributed by atoms with van der Waals surface area (Å²) < 4.78 is 17.6. The van der Waals surface area contributed by atoms with E-state index in [0.29, 0.717) is 12.5 Å². The molecule has 4 nitrogen and oxygen atoms in total. The number of allylic oxidation sites excluding steroid dienone is 1. The van der Waals surface area contributed by atoms with Gasteiger partial charge in [0.25, 0.3) is 0 Å². The van der Waals surface area contributed by atoms with E-state index >= 15 is 0 Å². The molecule has 0 spiro atoms. The van der Waals surface area contributed by atoms with E-state index < -0.39 is 0 Å². The molecule has 1 aromatic carbocycles. The minimum absolute atomic E-state index is 0.0864. The first-order valence-corrected chi connectivity index (χ1v) is 9.47. The second kappa shape index (κ2) is 6.98. The van der Waals surface area contributed by atoms with Gasteiger partial charge in [-0.25, -0.2) is 4.99 Å². The lowest BCUT2D eigenvalue weighted by molar-refractivity contribution is 0.236. The fraction of sp³-hybridized carbons (Fsp3) is 0.591. The Bertz CT molecular complexity index is 754. The van der Waals surface area contributed by atoms with Crippen molar-refractivity contribution in [3.8, 4) is 11.5 Å². The second-order valence-electron chi connectivity index (χ2n) is 8.49. The molecular formula is C22H31NO3. The molecule has 4 heteroatoms. The smallest absolute Gasteiger partial charge is 0.217 e. The van der Waals surface area contributed by atoms with Gasteiger partial charge in [-0.15, -0.1) is 0 Å². The molecule has 0 radical (unpaired) electrons. The van der Waals surface area contributed by atoms with E-state index in [1.165, 1.54) is 11.1 Å². The van der Waals surface area contributed by atoms with Crippen LogP contribution in [0.3, 0.4) is 0 Å². The summed E-state index contributed by atoms with van der Waals surface area (Å²) in [5.41, 5.74) is 4.60. The molecule has 1 heterocycles. The van der Waals surface area contributed by atoms with Crippen LogP contribution in [-0.2, 0) is 11.2 Å². The van der Waals surface area contributed by atoms with Gasteiger partial charge in [0.1, 0.15) is 18.1 Å². The van der Waals surface area contributed by atoms with E-state index in [-0.39, 0.29) is 11.5 Å². The maximum Gasteiger partial charge on any atom is 0.217 e. The van der Waals surface area contributed by atoms with E-state index in [0.717, 1.165) is 41.4 Å². The number of aliphatic imine (C=N–C) groups is 1. The van der Waals surface area contributed by atoms with Gasteiger partial charge in [-0.2, -0.15) is 0 Å². The molecule has 0 bridgehead atoms. The Morgan fingerprint density at radius 1 is 1.19 bits per heavy atom. The number of nitrogens with zero attached hydrogens (tertiary/aromatic N) is 1. The third-order valence-corrected chi connectivity index (χ3v) is 5.31. The maximum atomic E-state index is 6.02. The first-order chi connectivity index (χ1) is 12.3. The number of rotatable bonds is 4. The summed E-state index contributed by atoms with van der Waals surface area (Å²) in [6, 6.07) is 2.28. The molecule has 1 aliphatic heterocycles. The van der Waals surface area contributed by atoms with Gasteiger partial charge in [0.15, 0.2) is 0 Å². The van der Waals surface area contributed by atoms with Crippen molar-refractivity contribution in [3.05, 3.63) is 28.8 Å². The lowest BCUT2D eigenvalue weighted by Gasteiger charge is -2.25. The van der Waals surface area contributed by atoms with Crippen molar-refractivity contribution in [2.45, 2.75) is 59.4 Å². The highest BCUT2D eigenvalue weighted by Gasteiger charge is 2.34. The zero-order valence-electron chi connectivity index (χ0n) is 17.1. The van der Waals surface area contributed by atoms with Crippen LogP contribution in [0.4, 0.5) is 0 Å². The monoisotopic (exact) mass is 357 g/mol. The van der Waals surface area contributed by atoms with Gasteiger partial charge < -0.3 is 14.2 Å². The zero-order chi connectivity index (χ0) is 19.1. The molecule has 1 aromatic rings. The number of benzene rings is 1. The van der Waals surface area contributed by atoms with Crippen molar-refractivity contribution in [1.82, 2.24) is 0 Å². The molecule has 0 aromatic heterocycles. The van der Waals surface area contributed by atoms with E-state index in [4.69, 9.17) is 19.2 Å². The molecule has 0 N–H and O–H groups in total. The van der Waals surface area contributed by atoms with Crippen LogP contribution in [0.25, 0.3) is 5.57 Å². The van der Waals surface area contributed by atoms with Crippen molar-refractivity contribution in [2.24, 2.45) is 10.4 Å². The normalized spacial score (nSPS) is 19.6. The summed E-state index contributed by atoms with van der Waals surface area (Å²) >= 11 is 0. The summed E-state index contributed by atoms with van der Waals surface area (Å²) in [7, 11) is 3.48. The minimum Gasteiger partial charge on any atom is -0.496 e. The van der Waals surface area contributed by atoms with Crippen LogP contribution in [0.1, 0.15) is 63.6 Å². The Morgan fingerprint density at radius 2 is 1.92 bits per heavy atom. The SMILES string of the molecule is COc1cc(C(C)C)c(OC)c2c1C(C1=N[C@@H](C(C)(C)C)CO1)=CCC2. The van der Waals surface area contributed by atoms with Gasteiger partial charge in [-0.05, 0) is 30.2 Å². The number of fused-ring (bicyclic) bond motifs is 1. The molecule has 0 unspecified atom stereocenters. The van der Waals surface area contributed by atoms with E-state index in [9.17, 15) is 0 Å². The number of methoxy groups -OCH3 is 2. The maximum absolute atomic E-state index is 6.02. The van der Waals surface area contributed by atoms with Crippen LogP contribution in [0.5, 0.6) is 11.5 Å². The first kappa shape index (κ1) is 18.8. The Kier molecular flexibility index (Phi) is 5.05. The summed E-state index contributed by atoms with van der Waals surface area (Å²) in [5, 5.41) is 0. The van der Waals surface area contributed by atoms with Crippen LogP contribution >= 0.6 is 0 Å². The van der Waals surface area contributed by atoms with Gasteiger partial charge in [-0.3, -0.25) is 0 Å². The quantitative estimate of drug-likeness (QED) is 0.761. The van der Waals surface area contributed by atoms with Crippen molar-refractivity contribution in [1.29, 1.82) is 0 Å². The highest BCUT2D eigenvalue weighted by Crippen LogP contribution is 2.45. The van der Waals surface area contributed by atoms with Crippen LogP contribution in [0.15, 0.2) is 17.1 Å². The Morgan fingerprint density at radius 3 is 2.46 bits per heavy atom. The Balaban J connectivity index is 2.13. The van der Waals surface area contributed by atoms with Gasteiger partial charge in [0.05, 0.1) is 20.3 Å². The van der Waals surface area contributed by atoms with Crippen LogP contribution in [0.2, 0.25) is 0 Å². The fourth-order valence-corrected chi connectivity index (χ4v) is 3.70. The predicted octanol–water partition coefficient (Wildman–Crippen LogP) is 5.00. The number of ether oxygens (including phenoxy) is 3. The van der Waals surface area contributed by atoms with Gasteiger partial charge in [-0.1, -0.05) is 40.7 Å². The summed E-state index contributed by atoms with van der Waals surface area (Å²) in [5.74, 6) is 2.96. The van der Waals surface area contributed by atoms with Crippen molar-refractivity contribution >= 4 is 11.5 Å². The van der Waals surface area contributed by atoms with Crippen LogP contribution in [-0.4, -0.2) is 32.8 Å². The standard InChI is InChI=1S/C22H31NO3/c1-13(2)16-11-17(24-6)19-14(20(16)25-7)9-8-10-15(19)21-23-18(12-26-21)22(3,4)5/h10-11,13,18H,8-9,12H2,1-7H3/t18-/m1/s1. The van der Waals surface area contributed by atoms with Gasteiger partial charge in [0, 0.05) is 22.3 Å². The second-order valence-corrected chi connectivity index (χ2v) is 8.49. The Labute approximate surface area is 157 Å². The molecule has 142 valence electrons. The molecular weight excluding hydrogens is 326 g/mol. The van der Waals surface area contributed by atoms with E-state index in [1.807, 2.05) is 0 Å². The first-order valence-electron chi connectivity index (χ1n) is 9.47. The molecule has 0 saturated heterocycles. The minimum atomic E-state index is 0.0864. The third kappa shape index (κ3) is 3.22. The average Bonchev–Trinajstić information content (AvgIpc) is 3.09.